The predicted octanol–water partition coefficient (Wildman–Crippen LogP) is 2.90. The summed E-state index contributed by atoms with van der Waals surface area (Å²) < 4.78 is 4.80. The van der Waals surface area contributed by atoms with Gasteiger partial charge in [-0.15, -0.1) is 12.4 Å². The summed E-state index contributed by atoms with van der Waals surface area (Å²) in [6.45, 7) is 0.527. The molecule has 0 bridgehead atoms. The van der Waals surface area contributed by atoms with E-state index in [4.69, 9.17) is 15.3 Å². The van der Waals surface area contributed by atoms with Crippen LogP contribution in [0.3, 0.4) is 0 Å². The second kappa shape index (κ2) is 8.34. The number of halogens is 1. The van der Waals surface area contributed by atoms with Crippen LogP contribution in [0.1, 0.15) is 21.5 Å². The average molecular weight is 415 g/mol. The van der Waals surface area contributed by atoms with Crippen LogP contribution < -0.4 is 5.73 Å². The number of hydrogen-bond acceptors (Lipinski definition) is 7. The fourth-order valence-electron chi connectivity index (χ4n) is 3.17. The van der Waals surface area contributed by atoms with Crippen LogP contribution in [-0.4, -0.2) is 47.7 Å². The first-order chi connectivity index (χ1) is 13.6. The summed E-state index contributed by atoms with van der Waals surface area (Å²) >= 11 is 0. The molecule has 0 radical (unpaired) electrons. The third-order valence-corrected chi connectivity index (χ3v) is 4.42. The smallest absolute Gasteiger partial charge is 0.337 e. The molecule has 4 N–H and O–H groups in total. The summed E-state index contributed by atoms with van der Waals surface area (Å²) in [5, 5.41) is 15.5. The fraction of sp³-hybridized carbons (Fsp3) is 0.150. The molecule has 2 aromatic carbocycles. The number of oxime groups is 1. The third kappa shape index (κ3) is 3.55. The van der Waals surface area contributed by atoms with Gasteiger partial charge in [-0.2, -0.15) is 0 Å². The predicted molar refractivity (Wildman–Crippen MR) is 113 cm³/mol. The van der Waals surface area contributed by atoms with Gasteiger partial charge < -0.3 is 25.4 Å². The van der Waals surface area contributed by atoms with Gasteiger partial charge >= 0.3 is 5.97 Å². The van der Waals surface area contributed by atoms with Crippen LogP contribution >= 0.6 is 12.4 Å². The molecule has 8 nitrogen and oxygen atoms in total. The van der Waals surface area contributed by atoms with Crippen molar-refractivity contribution in [2.24, 2.45) is 15.9 Å². The molecule has 29 heavy (non-hydrogen) atoms. The Balaban J connectivity index is 0.00000240. The van der Waals surface area contributed by atoms with E-state index in [2.05, 4.69) is 15.1 Å². The van der Waals surface area contributed by atoms with Gasteiger partial charge in [0.05, 0.1) is 23.9 Å². The normalized spacial score (nSPS) is 13.7. The number of aromatic nitrogens is 1. The lowest BCUT2D eigenvalue weighted by Crippen LogP contribution is -2.15. The molecule has 1 aliphatic heterocycles. The molecule has 4 rings (SSSR count). The van der Waals surface area contributed by atoms with Gasteiger partial charge in [0.25, 0.3) is 0 Å². The number of benzene rings is 2. The van der Waals surface area contributed by atoms with E-state index >= 15 is 0 Å². The molecule has 0 saturated carbocycles. The summed E-state index contributed by atoms with van der Waals surface area (Å²) in [4.78, 5) is 24.8. The van der Waals surface area contributed by atoms with Crippen LogP contribution in [0.15, 0.2) is 52.6 Å². The maximum atomic E-state index is 11.9. The van der Waals surface area contributed by atoms with Gasteiger partial charge in [-0.05, 0) is 24.3 Å². The number of hydrogen-bond donors (Lipinski definition) is 3. The molecule has 3 aromatic rings. The van der Waals surface area contributed by atoms with Crippen molar-refractivity contribution in [1.82, 2.24) is 4.98 Å². The van der Waals surface area contributed by atoms with Crippen molar-refractivity contribution in [2.45, 2.75) is 0 Å². The Morgan fingerprint density at radius 1 is 1.28 bits per heavy atom. The first-order valence-electron chi connectivity index (χ1n) is 8.66. The van der Waals surface area contributed by atoms with E-state index in [1.807, 2.05) is 24.3 Å². The third-order valence-electron chi connectivity index (χ3n) is 4.42. The monoisotopic (exact) mass is 414 g/mol. The van der Waals surface area contributed by atoms with Crippen molar-refractivity contribution in [2.75, 3.05) is 20.3 Å². The highest BCUT2D eigenvalue weighted by molar-refractivity contribution is 6.58. The second-order valence-corrected chi connectivity index (χ2v) is 6.14. The highest BCUT2D eigenvalue weighted by atomic mass is 35.5. The number of rotatable bonds is 5. The van der Waals surface area contributed by atoms with E-state index < -0.39 is 5.97 Å². The van der Waals surface area contributed by atoms with E-state index in [0.29, 0.717) is 40.3 Å². The molecule has 1 aliphatic rings. The maximum Gasteiger partial charge on any atom is 0.337 e. The molecule has 2 heterocycles. The summed E-state index contributed by atoms with van der Waals surface area (Å²) in [6.07, 6.45) is 0. The molecular weight excluding hydrogens is 396 g/mol. The number of ether oxygens (including phenoxy) is 1. The van der Waals surface area contributed by atoms with Gasteiger partial charge in [-0.3, -0.25) is 0 Å². The van der Waals surface area contributed by atoms with Gasteiger partial charge in [-0.1, -0.05) is 23.4 Å². The zero-order valence-electron chi connectivity index (χ0n) is 15.5. The van der Waals surface area contributed by atoms with Crippen LogP contribution in [-0.2, 0) is 9.57 Å². The molecule has 0 saturated heterocycles. The Bertz CT molecular complexity index is 1140. The second-order valence-electron chi connectivity index (χ2n) is 6.14. The number of nitrogens with two attached hydrogens (primary N) is 1. The molecule has 9 heteroatoms. The van der Waals surface area contributed by atoms with Gasteiger partial charge in [0.15, 0.2) is 5.88 Å². The lowest BCUT2D eigenvalue weighted by atomic mass is 9.99. The highest BCUT2D eigenvalue weighted by Crippen LogP contribution is 2.36. The Morgan fingerprint density at radius 2 is 2.07 bits per heavy atom. The summed E-state index contributed by atoms with van der Waals surface area (Å²) in [6, 6.07) is 12.5. The largest absolute Gasteiger partial charge is 0.494 e. The van der Waals surface area contributed by atoms with Crippen molar-refractivity contribution < 1.29 is 19.5 Å². The van der Waals surface area contributed by atoms with Crippen LogP contribution in [0, 0.1) is 0 Å². The number of carbonyl (C=O) groups is 1. The fourth-order valence-corrected chi connectivity index (χ4v) is 3.17. The van der Waals surface area contributed by atoms with Gasteiger partial charge in [0.2, 0.25) is 0 Å². The lowest BCUT2D eigenvalue weighted by molar-refractivity contribution is 0.0600. The minimum absolute atomic E-state index is 0. The number of aromatic amines is 1. The Labute approximate surface area is 172 Å². The summed E-state index contributed by atoms with van der Waals surface area (Å²) in [5.41, 5.74) is 9.22. The SMILES string of the molecule is COC(=O)c1ccc2c(c1)/C(=N\OCCN)C(c1c(O)[nH]c3ccccc13)=N2.Cl. The van der Waals surface area contributed by atoms with Crippen molar-refractivity contribution >= 4 is 46.4 Å². The molecule has 0 amide bonds. The average Bonchev–Trinajstić information content (AvgIpc) is 3.23. The Kier molecular flexibility index (Phi) is 5.86. The topological polar surface area (TPSA) is 122 Å². The number of nitrogens with one attached hydrogen (secondary N) is 1. The summed E-state index contributed by atoms with van der Waals surface area (Å²) in [7, 11) is 1.32. The van der Waals surface area contributed by atoms with E-state index in [1.54, 1.807) is 18.2 Å². The minimum atomic E-state index is -0.464. The number of para-hydroxylation sites is 1. The molecule has 0 spiro atoms. The van der Waals surface area contributed by atoms with Crippen molar-refractivity contribution in [3.05, 3.63) is 59.2 Å². The molecule has 0 fully saturated rings. The van der Waals surface area contributed by atoms with Gasteiger partial charge in [0, 0.05) is 23.0 Å². The van der Waals surface area contributed by atoms with Crippen LogP contribution in [0.25, 0.3) is 10.9 Å². The first-order valence-corrected chi connectivity index (χ1v) is 8.66. The van der Waals surface area contributed by atoms with Crippen LogP contribution in [0.5, 0.6) is 5.88 Å². The van der Waals surface area contributed by atoms with E-state index in [0.717, 1.165) is 10.9 Å². The van der Waals surface area contributed by atoms with Crippen molar-refractivity contribution in [3.8, 4) is 5.88 Å². The molecule has 0 atom stereocenters. The summed E-state index contributed by atoms with van der Waals surface area (Å²) in [5.74, 6) is -0.485. The van der Waals surface area contributed by atoms with Crippen LogP contribution in [0.2, 0.25) is 0 Å². The number of carbonyl (C=O) groups excluding carboxylic acids is 1. The number of esters is 1. The number of fused-ring (bicyclic) bond motifs is 2. The van der Waals surface area contributed by atoms with Crippen molar-refractivity contribution in [1.29, 1.82) is 0 Å². The quantitative estimate of drug-likeness (QED) is 0.336. The standard InChI is InChI=1S/C20H18N4O4.ClH/c1-27-20(26)11-6-7-15-13(10-11)17(24-28-9-8-21)18(22-15)16-12-4-2-3-5-14(12)23-19(16)25;/h2-7,10,23,25H,8-9,21H2,1H3;1H/b24-17+;. The number of H-pyrrole nitrogens is 1. The van der Waals surface area contributed by atoms with Crippen LogP contribution in [0.4, 0.5) is 5.69 Å². The molecule has 0 unspecified atom stereocenters. The number of nitrogens with zero attached hydrogens (tertiary/aromatic N) is 2. The number of aromatic hydroxyl groups is 1. The first kappa shape index (κ1) is 20.4. The number of methoxy groups -OCH3 is 1. The van der Waals surface area contributed by atoms with E-state index in [9.17, 15) is 9.90 Å². The molecule has 0 aliphatic carbocycles. The zero-order chi connectivity index (χ0) is 19.7. The van der Waals surface area contributed by atoms with E-state index in [1.165, 1.54) is 7.11 Å². The number of aliphatic imine (C=N–C) groups is 1. The minimum Gasteiger partial charge on any atom is -0.494 e. The maximum absolute atomic E-state index is 11.9. The van der Waals surface area contributed by atoms with Crippen molar-refractivity contribution in [3.63, 3.8) is 0 Å². The zero-order valence-corrected chi connectivity index (χ0v) is 16.3. The lowest BCUT2D eigenvalue weighted by Gasteiger charge is -2.06. The van der Waals surface area contributed by atoms with Gasteiger partial charge in [0.1, 0.15) is 18.0 Å². The Morgan fingerprint density at radius 3 is 2.83 bits per heavy atom. The molecular formula is C20H19ClN4O4. The van der Waals surface area contributed by atoms with Gasteiger partial charge in [-0.25, -0.2) is 9.79 Å². The van der Waals surface area contributed by atoms with E-state index in [-0.39, 0.29) is 24.9 Å². The highest BCUT2D eigenvalue weighted by Gasteiger charge is 2.30. The molecule has 150 valence electrons. The molecule has 1 aromatic heterocycles. The Hall–Kier alpha value is -3.36.